The van der Waals surface area contributed by atoms with Gasteiger partial charge in [-0.15, -0.1) is 0 Å². The van der Waals surface area contributed by atoms with Gasteiger partial charge in [-0.2, -0.15) is 0 Å². The van der Waals surface area contributed by atoms with Crippen molar-refractivity contribution in [1.29, 1.82) is 0 Å². The molecule has 2 N–H and O–H groups in total. The molecular formula is C13H8BrClN2O. The van der Waals surface area contributed by atoms with Crippen molar-refractivity contribution >= 4 is 38.6 Å². The molecule has 3 nitrogen and oxygen atoms in total. The van der Waals surface area contributed by atoms with Crippen LogP contribution >= 0.6 is 27.5 Å². The van der Waals surface area contributed by atoms with Gasteiger partial charge < -0.3 is 10.1 Å². The van der Waals surface area contributed by atoms with Crippen LogP contribution in [0.3, 0.4) is 0 Å². The van der Waals surface area contributed by atoms with Gasteiger partial charge in [0.1, 0.15) is 17.1 Å². The Kier molecular flexibility index (Phi) is 2.76. The summed E-state index contributed by atoms with van der Waals surface area (Å²) >= 11 is 9.37. The number of hydrogen-bond donors (Lipinski definition) is 2. The lowest BCUT2D eigenvalue weighted by atomic mass is 10.2. The van der Waals surface area contributed by atoms with E-state index in [1.165, 1.54) is 0 Å². The molecule has 18 heavy (non-hydrogen) atoms. The summed E-state index contributed by atoms with van der Waals surface area (Å²) in [7, 11) is 0. The zero-order chi connectivity index (χ0) is 12.7. The fourth-order valence-corrected chi connectivity index (χ4v) is 2.38. The number of phenols is 1. The molecule has 0 saturated heterocycles. The molecule has 0 amide bonds. The van der Waals surface area contributed by atoms with Crippen molar-refractivity contribution in [2.24, 2.45) is 0 Å². The normalized spacial score (nSPS) is 11.0. The third-order valence-electron chi connectivity index (χ3n) is 2.68. The van der Waals surface area contributed by atoms with Crippen LogP contribution in [0.25, 0.3) is 22.4 Å². The summed E-state index contributed by atoms with van der Waals surface area (Å²) in [6, 6.07) is 10.8. The first-order chi connectivity index (χ1) is 8.65. The quantitative estimate of drug-likeness (QED) is 0.699. The van der Waals surface area contributed by atoms with E-state index in [0.717, 1.165) is 22.4 Å². The maximum absolute atomic E-state index is 9.48. The van der Waals surface area contributed by atoms with Gasteiger partial charge in [0.2, 0.25) is 0 Å². The number of rotatable bonds is 1. The number of nitrogens with one attached hydrogen (secondary N) is 1. The van der Waals surface area contributed by atoms with Gasteiger partial charge in [-0.3, -0.25) is 0 Å². The predicted octanol–water partition coefficient (Wildman–Crippen LogP) is 4.35. The summed E-state index contributed by atoms with van der Waals surface area (Å²) in [5, 5.41) is 10.1. The lowest BCUT2D eigenvalue weighted by molar-refractivity contribution is 0.472. The molecule has 3 rings (SSSR count). The van der Waals surface area contributed by atoms with Crippen LogP contribution < -0.4 is 0 Å². The predicted molar refractivity (Wildman–Crippen MR) is 75.9 cm³/mol. The first-order valence-corrected chi connectivity index (χ1v) is 6.45. The van der Waals surface area contributed by atoms with Crippen molar-refractivity contribution in [3.63, 3.8) is 0 Å². The summed E-state index contributed by atoms with van der Waals surface area (Å²) in [5.41, 5.74) is 2.52. The maximum atomic E-state index is 9.48. The van der Waals surface area contributed by atoms with E-state index < -0.39 is 0 Å². The van der Waals surface area contributed by atoms with Gasteiger partial charge in [0, 0.05) is 5.56 Å². The standard InChI is InChI=1S/C13H8BrClN2O/c14-8-6-7(4-5-11(8)18)13-16-10-3-1-2-9(15)12(10)17-13/h1-6,18H,(H,16,17). The monoisotopic (exact) mass is 322 g/mol. The van der Waals surface area contributed by atoms with Gasteiger partial charge in [0.15, 0.2) is 0 Å². The molecular weight excluding hydrogens is 316 g/mol. The first kappa shape index (κ1) is 11.6. The Morgan fingerprint density at radius 3 is 2.78 bits per heavy atom. The first-order valence-electron chi connectivity index (χ1n) is 5.28. The summed E-state index contributed by atoms with van der Waals surface area (Å²) in [4.78, 5) is 7.66. The maximum Gasteiger partial charge on any atom is 0.138 e. The van der Waals surface area contributed by atoms with Crippen LogP contribution in [0.5, 0.6) is 5.75 Å². The second kappa shape index (κ2) is 4.30. The average Bonchev–Trinajstić information content (AvgIpc) is 2.78. The highest BCUT2D eigenvalue weighted by Crippen LogP contribution is 2.30. The molecule has 0 unspecified atom stereocenters. The number of H-pyrrole nitrogens is 1. The average molecular weight is 324 g/mol. The van der Waals surface area contributed by atoms with Crippen LogP contribution in [0.1, 0.15) is 0 Å². The number of aromatic hydroxyl groups is 1. The summed E-state index contributed by atoms with van der Waals surface area (Å²) < 4.78 is 0.631. The third-order valence-corrected chi connectivity index (χ3v) is 3.62. The van der Waals surface area contributed by atoms with E-state index in [1.54, 1.807) is 24.3 Å². The number of para-hydroxylation sites is 1. The minimum absolute atomic E-state index is 0.202. The molecule has 0 saturated carbocycles. The van der Waals surface area contributed by atoms with Gasteiger partial charge in [0.25, 0.3) is 0 Å². The number of halogens is 2. The van der Waals surface area contributed by atoms with Crippen LogP contribution in [0.2, 0.25) is 5.02 Å². The molecule has 3 aromatic rings. The molecule has 0 atom stereocenters. The highest BCUT2D eigenvalue weighted by molar-refractivity contribution is 9.10. The molecule has 0 aliphatic rings. The zero-order valence-electron chi connectivity index (χ0n) is 9.11. The number of aromatic amines is 1. The van der Waals surface area contributed by atoms with E-state index in [1.807, 2.05) is 12.1 Å². The Hall–Kier alpha value is -1.52. The van der Waals surface area contributed by atoms with Crippen molar-refractivity contribution in [1.82, 2.24) is 9.97 Å². The van der Waals surface area contributed by atoms with Crippen molar-refractivity contribution in [2.45, 2.75) is 0 Å². The number of nitrogens with zero attached hydrogens (tertiary/aromatic N) is 1. The molecule has 5 heteroatoms. The Labute approximate surface area is 117 Å². The second-order valence-electron chi connectivity index (χ2n) is 3.89. The van der Waals surface area contributed by atoms with Crippen LogP contribution in [0.4, 0.5) is 0 Å². The highest BCUT2D eigenvalue weighted by Gasteiger charge is 2.09. The lowest BCUT2D eigenvalue weighted by Gasteiger charge is -1.99. The van der Waals surface area contributed by atoms with E-state index in [-0.39, 0.29) is 5.75 Å². The summed E-state index contributed by atoms with van der Waals surface area (Å²) in [6.45, 7) is 0. The van der Waals surface area contributed by atoms with E-state index in [4.69, 9.17) is 11.6 Å². The van der Waals surface area contributed by atoms with Gasteiger partial charge in [-0.25, -0.2) is 4.98 Å². The van der Waals surface area contributed by atoms with E-state index in [2.05, 4.69) is 25.9 Å². The molecule has 0 aliphatic heterocycles. The molecule has 0 spiro atoms. The van der Waals surface area contributed by atoms with E-state index in [9.17, 15) is 5.11 Å². The number of phenolic OH excluding ortho intramolecular Hbond substituents is 1. The van der Waals surface area contributed by atoms with Gasteiger partial charge >= 0.3 is 0 Å². The van der Waals surface area contributed by atoms with E-state index >= 15 is 0 Å². The Balaban J connectivity index is 2.19. The number of fused-ring (bicyclic) bond motifs is 1. The molecule has 90 valence electrons. The number of benzene rings is 2. The van der Waals surface area contributed by atoms with Crippen molar-refractivity contribution in [3.8, 4) is 17.1 Å². The molecule has 1 heterocycles. The number of hydrogen-bond acceptors (Lipinski definition) is 2. The van der Waals surface area contributed by atoms with Gasteiger partial charge in [0.05, 0.1) is 15.0 Å². The zero-order valence-corrected chi connectivity index (χ0v) is 11.5. The highest BCUT2D eigenvalue weighted by atomic mass is 79.9. The lowest BCUT2D eigenvalue weighted by Crippen LogP contribution is -1.80. The van der Waals surface area contributed by atoms with E-state index in [0.29, 0.717) is 9.50 Å². The van der Waals surface area contributed by atoms with Crippen LogP contribution in [-0.4, -0.2) is 15.1 Å². The number of aromatic nitrogens is 2. The minimum Gasteiger partial charge on any atom is -0.507 e. The Morgan fingerprint density at radius 2 is 2.06 bits per heavy atom. The summed E-state index contributed by atoms with van der Waals surface area (Å²) in [5.74, 6) is 0.923. The van der Waals surface area contributed by atoms with Gasteiger partial charge in [-0.05, 0) is 46.3 Å². The van der Waals surface area contributed by atoms with Gasteiger partial charge in [-0.1, -0.05) is 17.7 Å². The SMILES string of the molecule is Oc1ccc(-c2nc3c(Cl)cccc3[nH]2)cc1Br. The fraction of sp³-hybridized carbons (Fsp3) is 0. The molecule has 0 radical (unpaired) electrons. The van der Waals surface area contributed by atoms with Crippen molar-refractivity contribution in [3.05, 3.63) is 45.9 Å². The molecule has 0 bridgehead atoms. The molecule has 0 aliphatic carbocycles. The topological polar surface area (TPSA) is 48.9 Å². The third kappa shape index (κ3) is 1.87. The molecule has 0 fully saturated rings. The molecule has 1 aromatic heterocycles. The van der Waals surface area contributed by atoms with Crippen LogP contribution in [0.15, 0.2) is 40.9 Å². The second-order valence-corrected chi connectivity index (χ2v) is 5.15. The summed E-state index contributed by atoms with van der Waals surface area (Å²) in [6.07, 6.45) is 0. The molecule has 2 aromatic carbocycles. The largest absolute Gasteiger partial charge is 0.507 e. The van der Waals surface area contributed by atoms with Crippen molar-refractivity contribution < 1.29 is 5.11 Å². The fourth-order valence-electron chi connectivity index (χ4n) is 1.79. The Morgan fingerprint density at radius 1 is 1.22 bits per heavy atom. The Bertz CT molecular complexity index is 739. The smallest absolute Gasteiger partial charge is 0.138 e. The minimum atomic E-state index is 0.202. The van der Waals surface area contributed by atoms with Crippen molar-refractivity contribution in [2.75, 3.05) is 0 Å². The van der Waals surface area contributed by atoms with Crippen LogP contribution in [0, 0.1) is 0 Å². The number of imidazole rings is 1. The van der Waals surface area contributed by atoms with Crippen LogP contribution in [-0.2, 0) is 0 Å².